The number of likely N-dealkylation sites (tertiary alicyclic amines) is 1. The molecule has 2 amide bonds. The number of benzene rings is 2. The second kappa shape index (κ2) is 9.59. The standard InChI is InChI=1S/C21H26N2O4S/c1-26-19-10-6-7-16(20(19)27-2)11-13-22-21(24)23-14-12-18(15-23)28(25)17-8-4-3-5-9-17/h3-10,18H,11-15H2,1-2H3,(H,22,24). The van der Waals surface area contributed by atoms with Gasteiger partial charge in [0.2, 0.25) is 0 Å². The molecule has 1 heterocycles. The third-order valence-electron chi connectivity index (χ3n) is 4.87. The number of rotatable bonds is 7. The highest BCUT2D eigenvalue weighted by Crippen LogP contribution is 2.30. The number of para-hydroxylation sites is 1. The van der Waals surface area contributed by atoms with Gasteiger partial charge in [0.1, 0.15) is 0 Å². The van der Waals surface area contributed by atoms with Gasteiger partial charge in [0, 0.05) is 24.5 Å². The first-order valence-corrected chi connectivity index (χ1v) is 10.5. The Hall–Kier alpha value is -2.54. The Bertz CT molecular complexity index is 828. The molecule has 150 valence electrons. The van der Waals surface area contributed by atoms with Crippen LogP contribution in [-0.4, -0.2) is 54.2 Å². The van der Waals surface area contributed by atoms with Gasteiger partial charge in [-0.15, -0.1) is 0 Å². The molecule has 3 rings (SSSR count). The van der Waals surface area contributed by atoms with Crippen LogP contribution in [0.25, 0.3) is 0 Å². The van der Waals surface area contributed by atoms with Gasteiger partial charge in [-0.2, -0.15) is 0 Å². The normalized spacial score (nSPS) is 17.2. The fourth-order valence-corrected chi connectivity index (χ4v) is 4.85. The van der Waals surface area contributed by atoms with Gasteiger partial charge in [0.05, 0.1) is 30.3 Å². The summed E-state index contributed by atoms with van der Waals surface area (Å²) in [5, 5.41) is 2.93. The molecule has 7 heteroatoms. The van der Waals surface area contributed by atoms with Crippen LogP contribution in [0.1, 0.15) is 12.0 Å². The van der Waals surface area contributed by atoms with Crippen molar-refractivity contribution < 1.29 is 18.5 Å². The molecular weight excluding hydrogens is 376 g/mol. The number of urea groups is 1. The van der Waals surface area contributed by atoms with E-state index in [0.29, 0.717) is 37.6 Å². The number of hydrogen-bond acceptors (Lipinski definition) is 4. The van der Waals surface area contributed by atoms with Crippen LogP contribution in [0.4, 0.5) is 4.79 Å². The molecule has 0 bridgehead atoms. The van der Waals surface area contributed by atoms with E-state index in [2.05, 4.69) is 5.32 Å². The number of carbonyl (C=O) groups excluding carboxylic acids is 1. The van der Waals surface area contributed by atoms with Crippen molar-refractivity contribution in [3.05, 3.63) is 54.1 Å². The molecule has 28 heavy (non-hydrogen) atoms. The number of hydrogen-bond donors (Lipinski definition) is 1. The number of nitrogens with one attached hydrogen (secondary N) is 1. The molecule has 2 unspecified atom stereocenters. The molecule has 1 aliphatic heterocycles. The zero-order valence-corrected chi connectivity index (χ0v) is 17.0. The van der Waals surface area contributed by atoms with Gasteiger partial charge < -0.3 is 19.7 Å². The minimum absolute atomic E-state index is 0.0216. The molecule has 0 saturated carbocycles. The fraction of sp³-hybridized carbons (Fsp3) is 0.381. The second-order valence-electron chi connectivity index (χ2n) is 6.60. The Kier molecular flexibility index (Phi) is 6.92. The van der Waals surface area contributed by atoms with Crippen LogP contribution in [0.3, 0.4) is 0 Å². The first-order valence-electron chi connectivity index (χ1n) is 9.32. The highest BCUT2D eigenvalue weighted by atomic mass is 32.2. The molecule has 2 aromatic carbocycles. The zero-order valence-electron chi connectivity index (χ0n) is 16.2. The fourth-order valence-electron chi connectivity index (χ4n) is 3.40. The Morgan fingerprint density at radius 3 is 2.64 bits per heavy atom. The van der Waals surface area contributed by atoms with Crippen molar-refractivity contribution in [2.45, 2.75) is 23.0 Å². The van der Waals surface area contributed by atoms with Crippen molar-refractivity contribution in [1.29, 1.82) is 0 Å². The zero-order chi connectivity index (χ0) is 19.9. The van der Waals surface area contributed by atoms with E-state index in [0.717, 1.165) is 16.9 Å². The Balaban J connectivity index is 1.51. The molecule has 6 nitrogen and oxygen atoms in total. The third-order valence-corrected chi connectivity index (χ3v) is 6.59. The third kappa shape index (κ3) is 4.65. The lowest BCUT2D eigenvalue weighted by molar-refractivity contribution is 0.209. The maximum atomic E-state index is 12.7. The maximum Gasteiger partial charge on any atom is 0.317 e. The van der Waals surface area contributed by atoms with Crippen molar-refractivity contribution in [3.63, 3.8) is 0 Å². The quantitative estimate of drug-likeness (QED) is 0.773. The van der Waals surface area contributed by atoms with Crippen LogP contribution < -0.4 is 14.8 Å². The van der Waals surface area contributed by atoms with Crippen LogP contribution in [0.2, 0.25) is 0 Å². The topological polar surface area (TPSA) is 67.9 Å². The van der Waals surface area contributed by atoms with E-state index in [-0.39, 0.29) is 11.3 Å². The summed E-state index contributed by atoms with van der Waals surface area (Å²) in [6.45, 7) is 1.62. The molecule has 0 aliphatic carbocycles. The van der Waals surface area contributed by atoms with E-state index < -0.39 is 10.8 Å². The average molecular weight is 403 g/mol. The van der Waals surface area contributed by atoms with Gasteiger partial charge in [-0.3, -0.25) is 4.21 Å². The number of carbonyl (C=O) groups is 1. The molecule has 2 atom stereocenters. The number of nitrogens with zero attached hydrogens (tertiary/aromatic N) is 1. The largest absolute Gasteiger partial charge is 0.493 e. The molecule has 1 N–H and O–H groups in total. The van der Waals surface area contributed by atoms with E-state index in [1.54, 1.807) is 19.1 Å². The second-order valence-corrected chi connectivity index (χ2v) is 8.33. The SMILES string of the molecule is COc1cccc(CCNC(=O)N2CCC(S(=O)c3ccccc3)C2)c1OC. The Labute approximate surface area is 168 Å². The molecule has 1 aliphatic rings. The highest BCUT2D eigenvalue weighted by Gasteiger charge is 2.30. The van der Waals surface area contributed by atoms with Crippen molar-refractivity contribution in [2.75, 3.05) is 33.9 Å². The van der Waals surface area contributed by atoms with Crippen LogP contribution in [0.5, 0.6) is 11.5 Å². The van der Waals surface area contributed by atoms with E-state index in [9.17, 15) is 9.00 Å². The first-order chi connectivity index (χ1) is 13.6. The van der Waals surface area contributed by atoms with Crippen molar-refractivity contribution in [1.82, 2.24) is 10.2 Å². The lowest BCUT2D eigenvalue weighted by Crippen LogP contribution is -2.40. The molecule has 2 aromatic rings. The van der Waals surface area contributed by atoms with Crippen LogP contribution >= 0.6 is 0 Å². The van der Waals surface area contributed by atoms with Crippen molar-refractivity contribution in [2.24, 2.45) is 0 Å². The van der Waals surface area contributed by atoms with E-state index in [1.165, 1.54) is 0 Å². The van der Waals surface area contributed by atoms with Crippen molar-refractivity contribution >= 4 is 16.8 Å². The van der Waals surface area contributed by atoms with Gasteiger partial charge in [-0.25, -0.2) is 4.79 Å². The molecule has 1 saturated heterocycles. The lowest BCUT2D eigenvalue weighted by atomic mass is 10.1. The summed E-state index contributed by atoms with van der Waals surface area (Å²) >= 11 is 0. The van der Waals surface area contributed by atoms with Gasteiger partial charge >= 0.3 is 6.03 Å². The molecule has 1 fully saturated rings. The number of methoxy groups -OCH3 is 2. The van der Waals surface area contributed by atoms with E-state index in [4.69, 9.17) is 9.47 Å². The van der Waals surface area contributed by atoms with Gasteiger partial charge in [0.25, 0.3) is 0 Å². The van der Waals surface area contributed by atoms with Crippen LogP contribution in [0, 0.1) is 0 Å². The molecule has 0 radical (unpaired) electrons. The predicted molar refractivity (Wildman–Crippen MR) is 109 cm³/mol. The summed E-state index contributed by atoms with van der Waals surface area (Å²) in [6, 6.07) is 15.0. The van der Waals surface area contributed by atoms with Gasteiger partial charge in [-0.05, 0) is 36.6 Å². The van der Waals surface area contributed by atoms with E-state index >= 15 is 0 Å². The number of amides is 2. The maximum absolute atomic E-state index is 12.7. The summed E-state index contributed by atoms with van der Waals surface area (Å²) in [5.74, 6) is 1.37. The smallest absolute Gasteiger partial charge is 0.317 e. The summed E-state index contributed by atoms with van der Waals surface area (Å²) in [6.07, 6.45) is 1.39. The number of ether oxygens (including phenoxy) is 2. The predicted octanol–water partition coefficient (Wildman–Crippen LogP) is 2.84. The van der Waals surface area contributed by atoms with Crippen LogP contribution in [0.15, 0.2) is 53.4 Å². The monoisotopic (exact) mass is 402 g/mol. The van der Waals surface area contributed by atoms with Crippen LogP contribution in [-0.2, 0) is 17.2 Å². The Morgan fingerprint density at radius 2 is 1.93 bits per heavy atom. The minimum atomic E-state index is -1.09. The summed E-state index contributed by atoms with van der Waals surface area (Å²) < 4.78 is 23.4. The molecule has 0 spiro atoms. The first kappa shape index (κ1) is 20.2. The summed E-state index contributed by atoms with van der Waals surface area (Å²) in [4.78, 5) is 15.0. The average Bonchev–Trinajstić information content (AvgIpc) is 3.24. The summed E-state index contributed by atoms with van der Waals surface area (Å²) in [5.41, 5.74) is 0.978. The molecular formula is C21H26N2O4S. The van der Waals surface area contributed by atoms with Crippen molar-refractivity contribution in [3.8, 4) is 11.5 Å². The van der Waals surface area contributed by atoms with Gasteiger partial charge in [0.15, 0.2) is 11.5 Å². The molecule has 0 aromatic heterocycles. The minimum Gasteiger partial charge on any atom is -0.493 e. The summed E-state index contributed by atoms with van der Waals surface area (Å²) in [7, 11) is 2.12. The Morgan fingerprint density at radius 1 is 1.14 bits per heavy atom. The van der Waals surface area contributed by atoms with E-state index in [1.807, 2.05) is 48.5 Å². The highest BCUT2D eigenvalue weighted by molar-refractivity contribution is 7.85. The van der Waals surface area contributed by atoms with Gasteiger partial charge in [-0.1, -0.05) is 30.3 Å². The lowest BCUT2D eigenvalue weighted by Gasteiger charge is -2.18.